The van der Waals surface area contributed by atoms with Crippen molar-refractivity contribution >= 4 is 6.09 Å². The maximum Gasteiger partial charge on any atom is 0.410 e. The van der Waals surface area contributed by atoms with Crippen LogP contribution in [0.3, 0.4) is 0 Å². The van der Waals surface area contributed by atoms with Gasteiger partial charge < -0.3 is 9.26 Å². The Morgan fingerprint density at radius 1 is 1.25 bits per heavy atom. The summed E-state index contributed by atoms with van der Waals surface area (Å²) in [5.74, 6) is 1.11. The molecule has 0 spiro atoms. The molecular weight excluding hydrogens is 310 g/mol. The van der Waals surface area contributed by atoms with Gasteiger partial charge in [0.1, 0.15) is 11.6 Å². The average Bonchev–Trinajstić information content (AvgIpc) is 3.04. The van der Waals surface area contributed by atoms with Gasteiger partial charge in [-0.15, -0.1) is 0 Å². The van der Waals surface area contributed by atoms with Crippen LogP contribution in [0.25, 0.3) is 11.6 Å². The number of piperidine rings is 1. The molecule has 3 heterocycles. The summed E-state index contributed by atoms with van der Waals surface area (Å²) in [5.41, 5.74) is -0.545. The van der Waals surface area contributed by atoms with Crippen LogP contribution < -0.4 is 0 Å². The molecule has 3 rings (SSSR count). The van der Waals surface area contributed by atoms with Gasteiger partial charge in [0.15, 0.2) is 0 Å². The molecule has 2 aromatic rings. The Kier molecular flexibility index (Phi) is 4.46. The lowest BCUT2D eigenvalue weighted by Crippen LogP contribution is -2.42. The maximum absolute atomic E-state index is 12.5. The van der Waals surface area contributed by atoms with E-state index in [9.17, 15) is 4.79 Å². The normalized spacial score (nSPS) is 18.5. The number of aromatic nitrogens is 4. The molecule has 1 unspecified atom stereocenters. The van der Waals surface area contributed by atoms with Gasteiger partial charge in [-0.2, -0.15) is 4.98 Å². The number of nitrogens with zero attached hydrogens (tertiary/aromatic N) is 5. The molecule has 0 N–H and O–H groups in total. The smallest absolute Gasteiger partial charge is 0.410 e. The van der Waals surface area contributed by atoms with Crippen LogP contribution in [-0.4, -0.2) is 43.2 Å². The standard InChI is InChI=1S/C16H21N5O3/c1-16(2,3)23-15(22)21-10-5-4-7-11(21)14-19-13(20-24-14)12-17-8-6-9-18-12/h6,8-9,11H,4-5,7,10H2,1-3H3. The second-order valence-electron chi connectivity index (χ2n) is 6.71. The zero-order valence-corrected chi connectivity index (χ0v) is 14.1. The van der Waals surface area contributed by atoms with Gasteiger partial charge in [-0.1, -0.05) is 5.16 Å². The predicted molar refractivity (Wildman–Crippen MR) is 84.9 cm³/mol. The van der Waals surface area contributed by atoms with Crippen molar-refractivity contribution in [1.29, 1.82) is 0 Å². The zero-order chi connectivity index (χ0) is 17.2. The molecule has 128 valence electrons. The van der Waals surface area contributed by atoms with Crippen LogP contribution in [0.1, 0.15) is 52.0 Å². The lowest BCUT2D eigenvalue weighted by atomic mass is 10.0. The number of hydrogen-bond donors (Lipinski definition) is 0. The van der Waals surface area contributed by atoms with E-state index in [1.165, 1.54) is 0 Å². The Bertz CT molecular complexity index is 695. The van der Waals surface area contributed by atoms with Crippen LogP contribution in [0, 0.1) is 0 Å². The first-order valence-electron chi connectivity index (χ1n) is 8.05. The van der Waals surface area contributed by atoms with Crippen molar-refractivity contribution in [2.24, 2.45) is 0 Å². The van der Waals surface area contributed by atoms with Gasteiger partial charge in [-0.25, -0.2) is 14.8 Å². The van der Waals surface area contributed by atoms with E-state index < -0.39 is 5.60 Å². The van der Waals surface area contributed by atoms with E-state index in [1.807, 2.05) is 20.8 Å². The number of hydrogen-bond acceptors (Lipinski definition) is 7. The summed E-state index contributed by atoms with van der Waals surface area (Å²) in [5, 5.41) is 3.94. The van der Waals surface area contributed by atoms with Crippen LogP contribution in [0.5, 0.6) is 0 Å². The molecule has 24 heavy (non-hydrogen) atoms. The van der Waals surface area contributed by atoms with Gasteiger partial charge in [0.05, 0.1) is 0 Å². The van der Waals surface area contributed by atoms with Gasteiger partial charge in [-0.3, -0.25) is 4.90 Å². The van der Waals surface area contributed by atoms with Crippen molar-refractivity contribution < 1.29 is 14.1 Å². The van der Waals surface area contributed by atoms with E-state index in [0.29, 0.717) is 24.1 Å². The van der Waals surface area contributed by atoms with Crippen molar-refractivity contribution in [2.45, 2.75) is 51.7 Å². The van der Waals surface area contributed by atoms with Gasteiger partial charge >= 0.3 is 6.09 Å². The number of carbonyl (C=O) groups is 1. The summed E-state index contributed by atoms with van der Waals surface area (Å²) in [6, 6.07) is 1.44. The monoisotopic (exact) mass is 331 g/mol. The first-order valence-corrected chi connectivity index (χ1v) is 8.05. The molecule has 1 fully saturated rings. The molecule has 1 aliphatic heterocycles. The molecule has 8 nitrogen and oxygen atoms in total. The molecule has 0 bridgehead atoms. The van der Waals surface area contributed by atoms with Gasteiger partial charge in [0.2, 0.25) is 17.5 Å². The summed E-state index contributed by atoms with van der Waals surface area (Å²) >= 11 is 0. The number of carbonyl (C=O) groups excluding carboxylic acids is 1. The SMILES string of the molecule is CC(C)(C)OC(=O)N1CCCCC1c1nc(-c2ncccn2)no1. The fourth-order valence-corrected chi connectivity index (χ4v) is 2.60. The van der Waals surface area contributed by atoms with Crippen LogP contribution >= 0.6 is 0 Å². The molecule has 0 saturated carbocycles. The van der Waals surface area contributed by atoms with Crippen LogP contribution in [-0.2, 0) is 4.74 Å². The molecule has 1 atom stereocenters. The highest BCUT2D eigenvalue weighted by atomic mass is 16.6. The molecule has 8 heteroatoms. The lowest BCUT2D eigenvalue weighted by molar-refractivity contribution is 0.00538. The van der Waals surface area contributed by atoms with Crippen molar-refractivity contribution in [2.75, 3.05) is 6.54 Å². The Morgan fingerprint density at radius 3 is 2.71 bits per heavy atom. The highest BCUT2D eigenvalue weighted by Gasteiger charge is 2.35. The Labute approximate surface area is 140 Å². The van der Waals surface area contributed by atoms with Gasteiger partial charge in [-0.05, 0) is 46.1 Å². The van der Waals surface area contributed by atoms with E-state index in [0.717, 1.165) is 19.3 Å². The quantitative estimate of drug-likeness (QED) is 0.834. The van der Waals surface area contributed by atoms with Crippen LogP contribution in [0.2, 0.25) is 0 Å². The third-order valence-electron chi connectivity index (χ3n) is 3.62. The third kappa shape index (κ3) is 3.69. The maximum atomic E-state index is 12.5. The first-order chi connectivity index (χ1) is 11.4. The summed E-state index contributed by atoms with van der Waals surface area (Å²) in [6.45, 7) is 6.16. The van der Waals surface area contributed by atoms with E-state index in [1.54, 1.807) is 23.4 Å². The highest BCUT2D eigenvalue weighted by Crippen LogP contribution is 2.31. The minimum absolute atomic E-state index is 0.279. The number of amides is 1. The molecule has 1 aliphatic rings. The summed E-state index contributed by atoms with van der Waals surface area (Å²) in [7, 11) is 0. The van der Waals surface area contributed by atoms with E-state index in [-0.39, 0.29) is 12.1 Å². The Balaban J connectivity index is 1.81. The molecular formula is C16H21N5O3. The predicted octanol–water partition coefficient (Wildman–Crippen LogP) is 2.99. The fraction of sp³-hybridized carbons (Fsp3) is 0.562. The summed E-state index contributed by atoms with van der Waals surface area (Å²) in [6.07, 6.45) is 5.55. The topological polar surface area (TPSA) is 94.2 Å². The molecule has 0 aliphatic carbocycles. The Hall–Kier alpha value is -2.51. The van der Waals surface area contributed by atoms with Crippen molar-refractivity contribution in [3.8, 4) is 11.6 Å². The number of likely N-dealkylation sites (tertiary alicyclic amines) is 1. The van der Waals surface area contributed by atoms with Gasteiger partial charge in [0.25, 0.3) is 0 Å². The molecule has 1 saturated heterocycles. The number of ether oxygens (including phenoxy) is 1. The minimum atomic E-state index is -0.545. The average molecular weight is 331 g/mol. The largest absolute Gasteiger partial charge is 0.444 e. The summed E-state index contributed by atoms with van der Waals surface area (Å²) in [4.78, 5) is 26.7. The van der Waals surface area contributed by atoms with Crippen molar-refractivity contribution in [3.05, 3.63) is 24.4 Å². The van der Waals surface area contributed by atoms with E-state index in [4.69, 9.17) is 9.26 Å². The highest BCUT2D eigenvalue weighted by molar-refractivity contribution is 5.68. The lowest BCUT2D eigenvalue weighted by Gasteiger charge is -2.34. The fourth-order valence-electron chi connectivity index (χ4n) is 2.60. The van der Waals surface area contributed by atoms with Crippen LogP contribution in [0.15, 0.2) is 23.0 Å². The number of rotatable bonds is 2. The first kappa shape index (κ1) is 16.4. The zero-order valence-electron chi connectivity index (χ0n) is 14.1. The molecule has 1 amide bonds. The molecule has 2 aromatic heterocycles. The minimum Gasteiger partial charge on any atom is -0.444 e. The van der Waals surface area contributed by atoms with Gasteiger partial charge in [0, 0.05) is 18.9 Å². The van der Waals surface area contributed by atoms with Crippen molar-refractivity contribution in [1.82, 2.24) is 25.0 Å². The van der Waals surface area contributed by atoms with E-state index in [2.05, 4.69) is 20.1 Å². The summed E-state index contributed by atoms with van der Waals surface area (Å²) < 4.78 is 10.9. The second kappa shape index (κ2) is 6.54. The molecule has 0 aromatic carbocycles. The second-order valence-corrected chi connectivity index (χ2v) is 6.71. The van der Waals surface area contributed by atoms with E-state index >= 15 is 0 Å². The van der Waals surface area contributed by atoms with Crippen LogP contribution in [0.4, 0.5) is 4.79 Å². The third-order valence-corrected chi connectivity index (χ3v) is 3.62. The molecule has 0 radical (unpaired) electrons. The Morgan fingerprint density at radius 2 is 2.00 bits per heavy atom. The van der Waals surface area contributed by atoms with Crippen molar-refractivity contribution in [3.63, 3.8) is 0 Å².